The molecule has 5 heteroatoms. The fraction of sp³-hybridized carbons (Fsp3) is 0.0656. The SMILES string of the molecule is C[Si](C)(C)c1ccc(N(c2cc3c(c4ccccc24)-c2c(ccc4ccccc24)C32c3ccccc3N(c3ccccc3)c3ccccc32)c2cccc3c2oc2c(C#N)cccc23)cc1. The van der Waals surface area contributed by atoms with Crippen LogP contribution in [0, 0.1) is 11.3 Å². The number of nitriles is 1. The van der Waals surface area contributed by atoms with E-state index in [9.17, 15) is 5.26 Å². The molecule has 312 valence electrons. The van der Waals surface area contributed by atoms with Crippen LogP contribution in [-0.4, -0.2) is 8.07 Å². The van der Waals surface area contributed by atoms with Crippen LogP contribution in [0.2, 0.25) is 19.6 Å². The third-order valence-electron chi connectivity index (χ3n) is 14.2. The van der Waals surface area contributed by atoms with Crippen molar-refractivity contribution in [3.05, 3.63) is 234 Å². The summed E-state index contributed by atoms with van der Waals surface area (Å²) in [4.78, 5) is 4.86. The van der Waals surface area contributed by atoms with E-state index in [0.29, 0.717) is 11.1 Å². The molecule has 1 aromatic heterocycles. The van der Waals surface area contributed by atoms with Crippen LogP contribution in [0.4, 0.5) is 34.1 Å². The second-order valence-corrected chi connectivity index (χ2v) is 23.8. The van der Waals surface area contributed by atoms with Gasteiger partial charge in [-0.15, -0.1) is 0 Å². The highest BCUT2D eigenvalue weighted by atomic mass is 28.3. The van der Waals surface area contributed by atoms with Crippen molar-refractivity contribution in [1.82, 2.24) is 0 Å². The highest BCUT2D eigenvalue weighted by molar-refractivity contribution is 6.88. The molecule has 0 bridgehead atoms. The van der Waals surface area contributed by atoms with Crippen LogP contribution in [-0.2, 0) is 5.41 Å². The Morgan fingerprint density at radius 2 is 1.08 bits per heavy atom. The van der Waals surface area contributed by atoms with Gasteiger partial charge in [0.05, 0.1) is 41.8 Å². The molecular weight excluding hydrogens is 819 g/mol. The highest BCUT2D eigenvalue weighted by Gasteiger charge is 2.53. The van der Waals surface area contributed by atoms with Crippen molar-refractivity contribution in [2.45, 2.75) is 25.1 Å². The van der Waals surface area contributed by atoms with Gasteiger partial charge < -0.3 is 14.2 Å². The molecule has 4 nitrogen and oxygen atoms in total. The molecule has 1 spiro atoms. The first kappa shape index (κ1) is 38.3. The molecule has 2 heterocycles. The standard InChI is InChI=1S/C61H43N3OSi/c1-66(2,3)43-34-32-42(33-35-43)64(55-30-16-25-48-47-24-15-18-40(38-62)59(47)65-60(48)55)56-37-52-58(46-23-10-9-22-45(46)56)57-44-21-8-7-17-39(44)31-36-51(57)61(52)49-26-11-13-28-53(49)63(41-19-5-4-6-20-41)54-29-14-12-27-50(54)61/h4-37H,1-3H3. The van der Waals surface area contributed by atoms with Crippen LogP contribution in [0.15, 0.2) is 211 Å². The molecule has 1 aliphatic heterocycles. The van der Waals surface area contributed by atoms with Crippen LogP contribution >= 0.6 is 0 Å². The molecule has 13 rings (SSSR count). The Morgan fingerprint density at radius 1 is 0.485 bits per heavy atom. The van der Waals surface area contributed by atoms with E-state index in [2.05, 4.69) is 230 Å². The van der Waals surface area contributed by atoms with Gasteiger partial charge in [-0.05, 0) is 104 Å². The summed E-state index contributed by atoms with van der Waals surface area (Å²) in [5, 5.41) is 18.3. The van der Waals surface area contributed by atoms with Gasteiger partial charge in [0.1, 0.15) is 6.07 Å². The third-order valence-corrected chi connectivity index (χ3v) is 16.3. The van der Waals surface area contributed by atoms with Gasteiger partial charge in [0.15, 0.2) is 11.2 Å². The molecular formula is C61H43N3OSi. The molecule has 0 saturated heterocycles. The van der Waals surface area contributed by atoms with E-state index in [4.69, 9.17) is 4.42 Å². The molecule has 0 unspecified atom stereocenters. The van der Waals surface area contributed by atoms with Crippen molar-refractivity contribution in [3.8, 4) is 17.2 Å². The minimum atomic E-state index is -1.64. The van der Waals surface area contributed by atoms with Gasteiger partial charge in [-0.25, -0.2) is 0 Å². The Balaban J connectivity index is 1.20. The maximum absolute atomic E-state index is 10.3. The number of anilines is 6. The summed E-state index contributed by atoms with van der Waals surface area (Å²) >= 11 is 0. The molecule has 0 N–H and O–H groups in total. The van der Waals surface area contributed by atoms with Crippen LogP contribution in [0.1, 0.15) is 27.8 Å². The number of hydrogen-bond acceptors (Lipinski definition) is 4. The molecule has 10 aromatic carbocycles. The summed E-state index contributed by atoms with van der Waals surface area (Å²) in [6.07, 6.45) is 0. The van der Waals surface area contributed by atoms with Gasteiger partial charge in [-0.2, -0.15) is 5.26 Å². The normalized spacial score (nSPS) is 13.5. The van der Waals surface area contributed by atoms with Crippen molar-refractivity contribution in [2.75, 3.05) is 9.80 Å². The molecule has 0 fully saturated rings. The Bertz CT molecular complexity index is 3790. The molecule has 1 aliphatic carbocycles. The van der Waals surface area contributed by atoms with Crippen molar-refractivity contribution >= 4 is 90.9 Å². The Hall–Kier alpha value is -8.17. The number of hydrogen-bond donors (Lipinski definition) is 0. The summed E-state index contributed by atoms with van der Waals surface area (Å²) < 4.78 is 6.90. The maximum atomic E-state index is 10.3. The molecule has 0 saturated carbocycles. The quantitative estimate of drug-likeness (QED) is 0.162. The summed E-state index contributed by atoms with van der Waals surface area (Å²) in [5.41, 5.74) is 15.1. The van der Waals surface area contributed by atoms with Crippen LogP contribution in [0.3, 0.4) is 0 Å². The fourth-order valence-electron chi connectivity index (χ4n) is 11.4. The van der Waals surface area contributed by atoms with E-state index < -0.39 is 13.5 Å². The third kappa shape index (κ3) is 5.25. The molecule has 0 atom stereocenters. The summed E-state index contributed by atoms with van der Waals surface area (Å²) in [6, 6.07) is 77.8. The Morgan fingerprint density at radius 3 is 1.79 bits per heavy atom. The second-order valence-electron chi connectivity index (χ2n) is 18.7. The number of rotatable bonds is 5. The molecule has 66 heavy (non-hydrogen) atoms. The van der Waals surface area contributed by atoms with Crippen molar-refractivity contribution in [3.63, 3.8) is 0 Å². The first-order valence-corrected chi connectivity index (χ1v) is 26.2. The first-order valence-electron chi connectivity index (χ1n) is 22.7. The molecule has 0 radical (unpaired) electrons. The van der Waals surface area contributed by atoms with Crippen molar-refractivity contribution < 1.29 is 4.42 Å². The predicted octanol–water partition coefficient (Wildman–Crippen LogP) is 15.9. The van der Waals surface area contributed by atoms with Crippen molar-refractivity contribution in [2.24, 2.45) is 0 Å². The summed E-state index contributed by atoms with van der Waals surface area (Å²) in [7, 11) is -1.64. The van der Waals surface area contributed by atoms with E-state index in [1.807, 2.05) is 12.1 Å². The minimum absolute atomic E-state index is 0.523. The average molecular weight is 862 g/mol. The Kier molecular flexibility index (Phi) is 8.22. The zero-order valence-corrected chi connectivity index (χ0v) is 37.9. The van der Waals surface area contributed by atoms with Crippen molar-refractivity contribution in [1.29, 1.82) is 5.26 Å². The van der Waals surface area contributed by atoms with Gasteiger partial charge in [0, 0.05) is 27.5 Å². The number of furan rings is 1. The maximum Gasteiger partial charge on any atom is 0.159 e. The minimum Gasteiger partial charge on any atom is -0.452 e. The van der Waals surface area contributed by atoms with E-state index >= 15 is 0 Å². The van der Waals surface area contributed by atoms with Crippen LogP contribution in [0.25, 0.3) is 54.6 Å². The number of fused-ring (bicyclic) bond motifs is 16. The molecule has 0 amide bonds. The lowest BCUT2D eigenvalue weighted by molar-refractivity contribution is 0.668. The van der Waals surface area contributed by atoms with Gasteiger partial charge in [-0.3, -0.25) is 0 Å². The monoisotopic (exact) mass is 861 g/mol. The predicted molar refractivity (Wildman–Crippen MR) is 277 cm³/mol. The molecule has 2 aliphatic rings. The average Bonchev–Trinajstić information content (AvgIpc) is 3.89. The summed E-state index contributed by atoms with van der Waals surface area (Å²) in [5.74, 6) is 0. The number of nitrogens with zero attached hydrogens (tertiary/aromatic N) is 3. The van der Waals surface area contributed by atoms with E-state index in [1.165, 1.54) is 54.7 Å². The van der Waals surface area contributed by atoms with Crippen LogP contribution in [0.5, 0.6) is 0 Å². The number of para-hydroxylation sites is 5. The lowest BCUT2D eigenvalue weighted by Gasteiger charge is -2.45. The van der Waals surface area contributed by atoms with Crippen LogP contribution < -0.4 is 15.0 Å². The van der Waals surface area contributed by atoms with Gasteiger partial charge >= 0.3 is 0 Å². The Labute approximate surface area is 384 Å². The van der Waals surface area contributed by atoms with E-state index in [-0.39, 0.29) is 0 Å². The highest BCUT2D eigenvalue weighted by Crippen LogP contribution is 2.66. The first-order chi connectivity index (χ1) is 32.4. The lowest BCUT2D eigenvalue weighted by atomic mass is 9.64. The molecule has 11 aromatic rings. The largest absolute Gasteiger partial charge is 0.452 e. The van der Waals surface area contributed by atoms with E-state index in [0.717, 1.165) is 55.9 Å². The lowest BCUT2D eigenvalue weighted by Crippen LogP contribution is -2.37. The second kappa shape index (κ2) is 14.2. The smallest absolute Gasteiger partial charge is 0.159 e. The van der Waals surface area contributed by atoms with Gasteiger partial charge in [0.2, 0.25) is 0 Å². The van der Waals surface area contributed by atoms with Gasteiger partial charge in [-0.1, -0.05) is 176 Å². The number of benzene rings is 10. The zero-order valence-electron chi connectivity index (χ0n) is 36.9. The summed E-state index contributed by atoms with van der Waals surface area (Å²) in [6.45, 7) is 7.19. The van der Waals surface area contributed by atoms with Gasteiger partial charge in [0.25, 0.3) is 0 Å². The van der Waals surface area contributed by atoms with E-state index in [1.54, 1.807) is 0 Å². The zero-order chi connectivity index (χ0) is 44.3. The fourth-order valence-corrected chi connectivity index (χ4v) is 12.5. The topological polar surface area (TPSA) is 43.4 Å².